The number of nitrogen functional groups attached to an aromatic ring is 1. The predicted octanol–water partition coefficient (Wildman–Crippen LogP) is 1.45. The van der Waals surface area contributed by atoms with E-state index in [-0.39, 0.29) is 0 Å². The number of hydrogen-bond acceptors (Lipinski definition) is 2. The summed E-state index contributed by atoms with van der Waals surface area (Å²) in [6.07, 6.45) is 0.633. The minimum atomic E-state index is 0.611. The lowest BCUT2D eigenvalue weighted by Gasteiger charge is -2.08. The Morgan fingerprint density at radius 1 is 1.42 bits per heavy atom. The molecular weight excluding hydrogens is 152 g/mol. The van der Waals surface area contributed by atoms with Crippen LogP contribution in [0.25, 0.3) is 0 Å². The van der Waals surface area contributed by atoms with Gasteiger partial charge in [-0.1, -0.05) is 6.07 Å². The van der Waals surface area contributed by atoms with Gasteiger partial charge in [-0.25, -0.2) is 0 Å². The molecule has 1 aromatic carbocycles. The fourth-order valence-electron chi connectivity index (χ4n) is 1.26. The van der Waals surface area contributed by atoms with E-state index in [4.69, 9.17) is 5.73 Å². The maximum atomic E-state index is 10.2. The molecule has 0 radical (unpaired) electrons. The summed E-state index contributed by atoms with van der Waals surface area (Å²) >= 11 is 0. The molecule has 0 spiro atoms. The third-order valence-electron chi connectivity index (χ3n) is 1.71. The van der Waals surface area contributed by atoms with Gasteiger partial charge in [0.1, 0.15) is 0 Å². The van der Waals surface area contributed by atoms with Gasteiger partial charge in [0.15, 0.2) is 0 Å². The van der Waals surface area contributed by atoms with Crippen LogP contribution >= 0.6 is 0 Å². The van der Waals surface area contributed by atoms with Crippen LogP contribution in [0.15, 0.2) is 12.1 Å². The lowest BCUT2D eigenvalue weighted by Crippen LogP contribution is -2.01. The van der Waals surface area contributed by atoms with Crippen LogP contribution in [0.5, 0.6) is 0 Å². The standard InChI is InChI=1S/C9H12N2O/c1-6-3-7(2)9(11-5-12)8(10)4-6/h3-5H,10H2,1-2H3,(H,11,12). The molecule has 0 saturated heterocycles. The van der Waals surface area contributed by atoms with Crippen molar-refractivity contribution in [3.63, 3.8) is 0 Å². The molecule has 1 rings (SSSR count). The summed E-state index contributed by atoms with van der Waals surface area (Å²) in [5.41, 5.74) is 9.09. The van der Waals surface area contributed by atoms with Crippen molar-refractivity contribution in [1.82, 2.24) is 0 Å². The normalized spacial score (nSPS) is 9.50. The maximum Gasteiger partial charge on any atom is 0.211 e. The van der Waals surface area contributed by atoms with Crippen LogP contribution < -0.4 is 11.1 Å². The molecule has 12 heavy (non-hydrogen) atoms. The average Bonchev–Trinajstić information content (AvgIpc) is 1.96. The molecule has 0 aliphatic carbocycles. The molecule has 0 unspecified atom stereocenters. The smallest absolute Gasteiger partial charge is 0.211 e. The molecule has 0 atom stereocenters. The third-order valence-corrected chi connectivity index (χ3v) is 1.71. The highest BCUT2D eigenvalue weighted by molar-refractivity contribution is 5.82. The van der Waals surface area contributed by atoms with Crippen LogP contribution in [0, 0.1) is 13.8 Å². The van der Waals surface area contributed by atoms with E-state index in [0.29, 0.717) is 17.8 Å². The lowest BCUT2D eigenvalue weighted by molar-refractivity contribution is -0.105. The van der Waals surface area contributed by atoms with Gasteiger partial charge in [-0.3, -0.25) is 4.79 Å². The zero-order valence-electron chi connectivity index (χ0n) is 7.22. The van der Waals surface area contributed by atoms with Gasteiger partial charge in [-0.15, -0.1) is 0 Å². The summed E-state index contributed by atoms with van der Waals surface area (Å²) in [5.74, 6) is 0. The van der Waals surface area contributed by atoms with Crippen molar-refractivity contribution in [2.45, 2.75) is 13.8 Å². The Balaban J connectivity index is 3.18. The summed E-state index contributed by atoms with van der Waals surface area (Å²) < 4.78 is 0. The molecule has 0 aliphatic heterocycles. The molecule has 3 heteroatoms. The summed E-state index contributed by atoms with van der Waals surface area (Å²) in [6.45, 7) is 3.88. The van der Waals surface area contributed by atoms with Crippen molar-refractivity contribution in [1.29, 1.82) is 0 Å². The third kappa shape index (κ3) is 1.56. The molecule has 1 amide bonds. The highest BCUT2D eigenvalue weighted by Crippen LogP contribution is 2.23. The number of carbonyl (C=O) groups excluding carboxylic acids is 1. The van der Waals surface area contributed by atoms with Crippen LogP contribution in [0.2, 0.25) is 0 Å². The van der Waals surface area contributed by atoms with E-state index in [1.165, 1.54) is 0 Å². The van der Waals surface area contributed by atoms with Crippen molar-refractivity contribution in [2.75, 3.05) is 11.1 Å². The monoisotopic (exact) mass is 164 g/mol. The van der Waals surface area contributed by atoms with Gasteiger partial charge in [-0.05, 0) is 31.0 Å². The number of benzene rings is 1. The van der Waals surface area contributed by atoms with Crippen molar-refractivity contribution >= 4 is 17.8 Å². The van der Waals surface area contributed by atoms with Gasteiger partial charge in [0.05, 0.1) is 11.4 Å². The summed E-state index contributed by atoms with van der Waals surface area (Å²) in [7, 11) is 0. The fraction of sp³-hybridized carbons (Fsp3) is 0.222. The molecule has 1 aromatic rings. The number of anilines is 2. The Kier molecular flexibility index (Phi) is 2.33. The van der Waals surface area contributed by atoms with E-state index in [9.17, 15) is 4.79 Å². The average molecular weight is 164 g/mol. The van der Waals surface area contributed by atoms with Gasteiger partial charge in [0.25, 0.3) is 0 Å². The first kappa shape index (κ1) is 8.59. The Morgan fingerprint density at radius 3 is 2.58 bits per heavy atom. The second-order valence-corrected chi connectivity index (χ2v) is 2.81. The Hall–Kier alpha value is -1.51. The number of amides is 1. The first-order valence-corrected chi connectivity index (χ1v) is 3.72. The maximum absolute atomic E-state index is 10.2. The first-order valence-electron chi connectivity index (χ1n) is 3.72. The fourth-order valence-corrected chi connectivity index (χ4v) is 1.26. The van der Waals surface area contributed by atoms with E-state index in [1.807, 2.05) is 26.0 Å². The minimum absolute atomic E-state index is 0.611. The molecule has 0 aliphatic rings. The van der Waals surface area contributed by atoms with E-state index >= 15 is 0 Å². The van der Waals surface area contributed by atoms with Crippen molar-refractivity contribution in [3.8, 4) is 0 Å². The molecule has 0 heterocycles. The summed E-state index contributed by atoms with van der Waals surface area (Å²) in [6, 6.07) is 3.81. The second kappa shape index (κ2) is 3.26. The Labute approximate surface area is 71.6 Å². The molecular formula is C9H12N2O. The molecule has 3 N–H and O–H groups in total. The number of carbonyl (C=O) groups is 1. The van der Waals surface area contributed by atoms with Crippen LogP contribution in [0.3, 0.4) is 0 Å². The molecule has 3 nitrogen and oxygen atoms in total. The van der Waals surface area contributed by atoms with Gasteiger partial charge < -0.3 is 11.1 Å². The predicted molar refractivity (Wildman–Crippen MR) is 50.0 cm³/mol. The van der Waals surface area contributed by atoms with E-state index in [0.717, 1.165) is 11.1 Å². The van der Waals surface area contributed by atoms with Gasteiger partial charge in [-0.2, -0.15) is 0 Å². The molecule has 0 fully saturated rings. The second-order valence-electron chi connectivity index (χ2n) is 2.81. The largest absolute Gasteiger partial charge is 0.397 e. The molecule has 64 valence electrons. The molecule has 0 bridgehead atoms. The van der Waals surface area contributed by atoms with Gasteiger partial charge >= 0.3 is 0 Å². The highest BCUT2D eigenvalue weighted by atomic mass is 16.1. The van der Waals surface area contributed by atoms with E-state index in [1.54, 1.807) is 0 Å². The number of nitrogens with two attached hydrogens (primary N) is 1. The highest BCUT2D eigenvalue weighted by Gasteiger charge is 2.01. The van der Waals surface area contributed by atoms with Crippen molar-refractivity contribution in [2.24, 2.45) is 0 Å². The quantitative estimate of drug-likeness (QED) is 0.513. The number of aryl methyl sites for hydroxylation is 2. The van der Waals surface area contributed by atoms with Gasteiger partial charge in [0, 0.05) is 0 Å². The van der Waals surface area contributed by atoms with Crippen LogP contribution in [0.4, 0.5) is 11.4 Å². The number of hydrogen-bond donors (Lipinski definition) is 2. The Morgan fingerprint density at radius 2 is 2.08 bits per heavy atom. The minimum Gasteiger partial charge on any atom is -0.397 e. The van der Waals surface area contributed by atoms with Crippen LogP contribution in [0.1, 0.15) is 11.1 Å². The zero-order chi connectivity index (χ0) is 9.14. The molecule has 0 aromatic heterocycles. The van der Waals surface area contributed by atoms with Crippen molar-refractivity contribution < 1.29 is 4.79 Å². The molecule has 0 saturated carbocycles. The lowest BCUT2D eigenvalue weighted by atomic mass is 10.1. The Bertz CT molecular complexity index is 284. The summed E-state index contributed by atoms with van der Waals surface area (Å²) in [5, 5.41) is 2.57. The van der Waals surface area contributed by atoms with E-state index in [2.05, 4.69) is 5.32 Å². The zero-order valence-corrected chi connectivity index (χ0v) is 7.22. The number of nitrogens with one attached hydrogen (secondary N) is 1. The number of rotatable bonds is 2. The van der Waals surface area contributed by atoms with Gasteiger partial charge in [0.2, 0.25) is 6.41 Å². The first-order chi connectivity index (χ1) is 5.65. The van der Waals surface area contributed by atoms with Crippen LogP contribution in [-0.4, -0.2) is 6.41 Å². The topological polar surface area (TPSA) is 55.1 Å². The summed E-state index contributed by atoms with van der Waals surface area (Å²) in [4.78, 5) is 10.2. The van der Waals surface area contributed by atoms with Crippen molar-refractivity contribution in [3.05, 3.63) is 23.3 Å². The SMILES string of the molecule is Cc1cc(C)c(NC=O)c(N)c1. The van der Waals surface area contributed by atoms with Crippen LogP contribution in [-0.2, 0) is 4.79 Å². The van der Waals surface area contributed by atoms with E-state index < -0.39 is 0 Å².